The lowest BCUT2D eigenvalue weighted by molar-refractivity contribution is 0.311. The molecule has 82 valence electrons. The fourth-order valence-corrected chi connectivity index (χ4v) is 1.40. The van der Waals surface area contributed by atoms with Gasteiger partial charge in [-0.2, -0.15) is 0 Å². The minimum atomic E-state index is 0.0880. The fourth-order valence-electron chi connectivity index (χ4n) is 1.40. The van der Waals surface area contributed by atoms with Crippen LogP contribution in [0.3, 0.4) is 0 Å². The lowest BCUT2D eigenvalue weighted by atomic mass is 10.1. The standard InChI is InChI=1S/C12H13N3O/c16-7-6-13-12-8-11(14-9-15-12)10-4-2-1-3-5-10/h1-5,8-9,16H,6-7H2,(H,13,14,15). The molecule has 0 atom stereocenters. The van der Waals surface area contributed by atoms with Crippen LogP contribution in [0.4, 0.5) is 5.82 Å². The summed E-state index contributed by atoms with van der Waals surface area (Å²) in [4.78, 5) is 8.27. The lowest BCUT2D eigenvalue weighted by Gasteiger charge is -2.05. The number of aliphatic hydroxyl groups is 1. The second-order valence-corrected chi connectivity index (χ2v) is 3.30. The molecule has 0 saturated carbocycles. The Morgan fingerprint density at radius 3 is 2.69 bits per heavy atom. The second kappa shape index (κ2) is 5.23. The molecule has 2 N–H and O–H groups in total. The zero-order chi connectivity index (χ0) is 11.2. The maximum Gasteiger partial charge on any atom is 0.130 e. The molecule has 1 heterocycles. The highest BCUT2D eigenvalue weighted by Crippen LogP contribution is 2.17. The largest absolute Gasteiger partial charge is 0.395 e. The average Bonchev–Trinajstić information content (AvgIpc) is 2.38. The zero-order valence-electron chi connectivity index (χ0n) is 8.80. The van der Waals surface area contributed by atoms with Crippen LogP contribution < -0.4 is 5.32 Å². The first-order valence-corrected chi connectivity index (χ1v) is 5.12. The third kappa shape index (κ3) is 2.55. The van der Waals surface area contributed by atoms with Crippen molar-refractivity contribution in [1.29, 1.82) is 0 Å². The Labute approximate surface area is 94.0 Å². The summed E-state index contributed by atoms with van der Waals surface area (Å²) in [5, 5.41) is 11.7. The van der Waals surface area contributed by atoms with Crippen molar-refractivity contribution in [2.45, 2.75) is 0 Å². The minimum absolute atomic E-state index is 0.0880. The Kier molecular flexibility index (Phi) is 3.46. The van der Waals surface area contributed by atoms with E-state index in [-0.39, 0.29) is 6.61 Å². The molecule has 0 amide bonds. The maximum atomic E-state index is 8.71. The summed E-state index contributed by atoms with van der Waals surface area (Å²) in [6.45, 7) is 0.579. The van der Waals surface area contributed by atoms with Crippen LogP contribution >= 0.6 is 0 Å². The van der Waals surface area contributed by atoms with Crippen LogP contribution in [-0.4, -0.2) is 28.2 Å². The van der Waals surface area contributed by atoms with Crippen molar-refractivity contribution in [2.75, 3.05) is 18.5 Å². The van der Waals surface area contributed by atoms with Crippen LogP contribution in [-0.2, 0) is 0 Å². The molecule has 0 aliphatic heterocycles. The summed E-state index contributed by atoms with van der Waals surface area (Å²) in [5.41, 5.74) is 1.92. The number of hydrogen-bond donors (Lipinski definition) is 2. The topological polar surface area (TPSA) is 58.0 Å². The number of aliphatic hydroxyl groups excluding tert-OH is 1. The number of aromatic nitrogens is 2. The van der Waals surface area contributed by atoms with E-state index >= 15 is 0 Å². The summed E-state index contributed by atoms with van der Waals surface area (Å²) in [7, 11) is 0. The molecule has 0 aliphatic rings. The van der Waals surface area contributed by atoms with E-state index in [4.69, 9.17) is 5.11 Å². The third-order valence-corrected chi connectivity index (χ3v) is 2.15. The molecule has 0 saturated heterocycles. The predicted molar refractivity (Wildman–Crippen MR) is 63.0 cm³/mol. The molecule has 0 bridgehead atoms. The van der Waals surface area contributed by atoms with Crippen LogP contribution in [0.5, 0.6) is 0 Å². The highest BCUT2D eigenvalue weighted by atomic mass is 16.3. The van der Waals surface area contributed by atoms with Crippen molar-refractivity contribution in [1.82, 2.24) is 9.97 Å². The van der Waals surface area contributed by atoms with Crippen LogP contribution in [0, 0.1) is 0 Å². The van der Waals surface area contributed by atoms with Crippen LogP contribution in [0.1, 0.15) is 0 Å². The second-order valence-electron chi connectivity index (χ2n) is 3.30. The van der Waals surface area contributed by atoms with Gasteiger partial charge in [0.2, 0.25) is 0 Å². The van der Waals surface area contributed by atoms with Crippen molar-refractivity contribution in [3.05, 3.63) is 42.7 Å². The van der Waals surface area contributed by atoms with Gasteiger partial charge >= 0.3 is 0 Å². The third-order valence-electron chi connectivity index (χ3n) is 2.15. The van der Waals surface area contributed by atoms with Gasteiger partial charge in [-0.1, -0.05) is 30.3 Å². The fraction of sp³-hybridized carbons (Fsp3) is 0.167. The Bertz CT molecular complexity index is 445. The molecule has 4 heteroatoms. The Morgan fingerprint density at radius 2 is 1.94 bits per heavy atom. The van der Waals surface area contributed by atoms with Gasteiger partial charge in [-0.25, -0.2) is 9.97 Å². The lowest BCUT2D eigenvalue weighted by Crippen LogP contribution is -2.07. The van der Waals surface area contributed by atoms with Gasteiger partial charge in [0.05, 0.1) is 12.3 Å². The predicted octanol–water partition coefficient (Wildman–Crippen LogP) is 1.55. The molecule has 0 unspecified atom stereocenters. The van der Waals surface area contributed by atoms with Gasteiger partial charge in [0.1, 0.15) is 12.1 Å². The molecule has 1 aromatic heterocycles. The quantitative estimate of drug-likeness (QED) is 0.812. The molecule has 0 spiro atoms. The Balaban J connectivity index is 2.22. The molecule has 4 nitrogen and oxygen atoms in total. The van der Waals surface area contributed by atoms with Gasteiger partial charge in [0.25, 0.3) is 0 Å². The first kappa shape index (κ1) is 10.6. The summed E-state index contributed by atoms with van der Waals surface area (Å²) < 4.78 is 0. The normalized spacial score (nSPS) is 10.1. The maximum absolute atomic E-state index is 8.71. The van der Waals surface area contributed by atoms with Crippen molar-refractivity contribution in [3.63, 3.8) is 0 Å². The van der Waals surface area contributed by atoms with E-state index in [0.717, 1.165) is 17.1 Å². The van der Waals surface area contributed by atoms with Crippen LogP contribution in [0.25, 0.3) is 11.3 Å². The number of nitrogens with one attached hydrogen (secondary N) is 1. The molecular formula is C12H13N3O. The first-order valence-electron chi connectivity index (χ1n) is 5.12. The average molecular weight is 215 g/mol. The van der Waals surface area contributed by atoms with E-state index in [1.807, 2.05) is 36.4 Å². The van der Waals surface area contributed by atoms with Gasteiger partial charge in [0, 0.05) is 18.2 Å². The zero-order valence-corrected chi connectivity index (χ0v) is 8.80. The van der Waals surface area contributed by atoms with Gasteiger partial charge in [-0.15, -0.1) is 0 Å². The number of nitrogens with zero attached hydrogens (tertiary/aromatic N) is 2. The van der Waals surface area contributed by atoms with Crippen molar-refractivity contribution < 1.29 is 5.11 Å². The summed E-state index contributed by atoms with van der Waals surface area (Å²) in [6, 6.07) is 11.8. The molecule has 16 heavy (non-hydrogen) atoms. The van der Waals surface area contributed by atoms with Crippen molar-refractivity contribution >= 4 is 5.82 Å². The minimum Gasteiger partial charge on any atom is -0.395 e. The number of anilines is 1. The molecule has 2 rings (SSSR count). The molecule has 0 aliphatic carbocycles. The van der Waals surface area contributed by atoms with Gasteiger partial charge < -0.3 is 10.4 Å². The number of benzene rings is 1. The molecular weight excluding hydrogens is 202 g/mol. The summed E-state index contributed by atoms with van der Waals surface area (Å²) >= 11 is 0. The summed E-state index contributed by atoms with van der Waals surface area (Å²) in [5.74, 6) is 0.725. The smallest absolute Gasteiger partial charge is 0.130 e. The number of rotatable bonds is 4. The number of hydrogen-bond acceptors (Lipinski definition) is 4. The SMILES string of the molecule is OCCNc1cc(-c2ccccc2)ncn1. The highest BCUT2D eigenvalue weighted by Gasteiger charge is 2.00. The molecule has 1 aromatic carbocycles. The summed E-state index contributed by atoms with van der Waals surface area (Å²) in [6.07, 6.45) is 1.52. The molecule has 0 radical (unpaired) electrons. The van der Waals surface area contributed by atoms with Gasteiger partial charge in [0.15, 0.2) is 0 Å². The van der Waals surface area contributed by atoms with E-state index in [1.54, 1.807) is 0 Å². The highest BCUT2D eigenvalue weighted by molar-refractivity contribution is 5.61. The van der Waals surface area contributed by atoms with Gasteiger partial charge in [-0.3, -0.25) is 0 Å². The van der Waals surface area contributed by atoms with Crippen molar-refractivity contribution in [2.24, 2.45) is 0 Å². The van der Waals surface area contributed by atoms with Crippen molar-refractivity contribution in [3.8, 4) is 11.3 Å². The monoisotopic (exact) mass is 215 g/mol. The first-order chi connectivity index (χ1) is 7.90. The van der Waals surface area contributed by atoms with Crippen LogP contribution in [0.2, 0.25) is 0 Å². The van der Waals surface area contributed by atoms with E-state index in [9.17, 15) is 0 Å². The van der Waals surface area contributed by atoms with Gasteiger partial charge in [-0.05, 0) is 0 Å². The Hall–Kier alpha value is -1.94. The van der Waals surface area contributed by atoms with E-state index < -0.39 is 0 Å². The molecule has 2 aromatic rings. The van der Waals surface area contributed by atoms with E-state index in [2.05, 4.69) is 15.3 Å². The molecule has 0 fully saturated rings. The van der Waals surface area contributed by atoms with E-state index in [0.29, 0.717) is 6.54 Å². The van der Waals surface area contributed by atoms with E-state index in [1.165, 1.54) is 6.33 Å². The Morgan fingerprint density at radius 1 is 1.12 bits per heavy atom. The van der Waals surface area contributed by atoms with Crippen LogP contribution in [0.15, 0.2) is 42.7 Å².